The van der Waals surface area contributed by atoms with E-state index in [1.54, 1.807) is 18.3 Å². The topological polar surface area (TPSA) is 48.1 Å². The van der Waals surface area contributed by atoms with Crippen molar-refractivity contribution >= 4 is 5.69 Å². The minimum absolute atomic E-state index is 0.645. The van der Waals surface area contributed by atoms with Gasteiger partial charge in [-0.3, -0.25) is 0 Å². The van der Waals surface area contributed by atoms with Gasteiger partial charge in [0.25, 0.3) is 0 Å². The van der Waals surface area contributed by atoms with Crippen molar-refractivity contribution in [2.45, 2.75) is 19.3 Å². The van der Waals surface area contributed by atoms with E-state index in [0.29, 0.717) is 11.6 Å². The highest BCUT2D eigenvalue weighted by molar-refractivity contribution is 5.39. The Kier molecular flexibility index (Phi) is 2.34. The third kappa shape index (κ3) is 2.11. The smallest absolute Gasteiger partial charge is 0.215 e. The molecule has 0 spiro atoms. The number of nitrogens with two attached hydrogens (primary N) is 1. The predicted octanol–water partition coefficient (Wildman–Crippen LogP) is 1.84. The average molecular weight is 178 g/mol. The van der Waals surface area contributed by atoms with Crippen LogP contribution in [0.4, 0.5) is 5.69 Å². The summed E-state index contributed by atoms with van der Waals surface area (Å²) in [6, 6.07) is 3.52. The predicted molar refractivity (Wildman–Crippen MR) is 51.5 cm³/mol. The summed E-state index contributed by atoms with van der Waals surface area (Å²) < 4.78 is 5.50. The van der Waals surface area contributed by atoms with Gasteiger partial charge in [-0.25, -0.2) is 4.98 Å². The number of rotatable bonds is 3. The Bertz CT molecular complexity index is 284. The molecule has 2 rings (SSSR count). The minimum atomic E-state index is 0.645. The van der Waals surface area contributed by atoms with Crippen LogP contribution in [0.25, 0.3) is 0 Å². The zero-order chi connectivity index (χ0) is 9.10. The van der Waals surface area contributed by atoms with Gasteiger partial charge in [0.05, 0.1) is 6.61 Å². The van der Waals surface area contributed by atoms with Gasteiger partial charge in [0.15, 0.2) is 0 Å². The molecule has 1 aliphatic rings. The molecule has 0 saturated heterocycles. The van der Waals surface area contributed by atoms with Crippen LogP contribution in [0.5, 0.6) is 5.88 Å². The highest BCUT2D eigenvalue weighted by Crippen LogP contribution is 2.26. The van der Waals surface area contributed by atoms with Crippen molar-refractivity contribution < 1.29 is 4.74 Å². The molecule has 0 unspecified atom stereocenters. The largest absolute Gasteiger partial charge is 0.477 e. The van der Waals surface area contributed by atoms with Crippen molar-refractivity contribution in [2.24, 2.45) is 5.92 Å². The van der Waals surface area contributed by atoms with Gasteiger partial charge in [0, 0.05) is 18.0 Å². The Hall–Kier alpha value is -1.25. The van der Waals surface area contributed by atoms with Crippen LogP contribution in [0, 0.1) is 5.92 Å². The molecular formula is C10H14N2O. The number of ether oxygens (including phenoxy) is 1. The second-order valence-corrected chi connectivity index (χ2v) is 3.54. The molecule has 70 valence electrons. The second-order valence-electron chi connectivity index (χ2n) is 3.54. The summed E-state index contributed by atoms with van der Waals surface area (Å²) in [6.07, 6.45) is 5.61. The zero-order valence-corrected chi connectivity index (χ0v) is 7.57. The molecular weight excluding hydrogens is 164 g/mol. The summed E-state index contributed by atoms with van der Waals surface area (Å²) in [6.45, 7) is 0.788. The highest BCUT2D eigenvalue weighted by atomic mass is 16.5. The van der Waals surface area contributed by atoms with E-state index in [-0.39, 0.29) is 0 Å². The highest BCUT2D eigenvalue weighted by Gasteiger charge is 2.17. The monoisotopic (exact) mass is 178 g/mol. The number of nitrogen functional groups attached to an aromatic ring is 1. The first-order chi connectivity index (χ1) is 6.34. The molecule has 0 atom stereocenters. The summed E-state index contributed by atoms with van der Waals surface area (Å²) in [5.74, 6) is 1.38. The number of nitrogens with zero attached hydrogens (tertiary/aromatic N) is 1. The molecule has 1 aromatic heterocycles. The lowest BCUT2D eigenvalue weighted by Crippen LogP contribution is -2.19. The van der Waals surface area contributed by atoms with Gasteiger partial charge in [0.2, 0.25) is 5.88 Å². The molecule has 2 N–H and O–H groups in total. The first kappa shape index (κ1) is 8.35. The molecule has 13 heavy (non-hydrogen) atoms. The van der Waals surface area contributed by atoms with Gasteiger partial charge in [-0.05, 0) is 24.8 Å². The van der Waals surface area contributed by atoms with Crippen LogP contribution in [0.1, 0.15) is 19.3 Å². The van der Waals surface area contributed by atoms with E-state index >= 15 is 0 Å². The molecule has 3 heteroatoms. The lowest BCUT2D eigenvalue weighted by atomic mass is 9.86. The Balaban J connectivity index is 1.86. The number of aromatic nitrogens is 1. The molecule has 1 aliphatic carbocycles. The lowest BCUT2D eigenvalue weighted by Gasteiger charge is -2.24. The standard InChI is InChI=1S/C10H14N2O/c11-9-4-5-12-10(6-9)13-7-8-2-1-3-8/h4-6,8H,1-3,7H2,(H2,11,12). The lowest BCUT2D eigenvalue weighted by molar-refractivity contribution is 0.176. The number of hydrogen-bond donors (Lipinski definition) is 1. The van der Waals surface area contributed by atoms with Crippen LogP contribution >= 0.6 is 0 Å². The Morgan fingerprint density at radius 2 is 2.38 bits per heavy atom. The zero-order valence-electron chi connectivity index (χ0n) is 7.57. The summed E-state index contributed by atoms with van der Waals surface area (Å²) in [5.41, 5.74) is 6.30. The van der Waals surface area contributed by atoms with Crippen molar-refractivity contribution in [3.05, 3.63) is 18.3 Å². The third-order valence-electron chi connectivity index (χ3n) is 2.45. The summed E-state index contributed by atoms with van der Waals surface area (Å²) in [5, 5.41) is 0. The quantitative estimate of drug-likeness (QED) is 0.768. The molecule has 3 nitrogen and oxygen atoms in total. The van der Waals surface area contributed by atoms with Crippen molar-refractivity contribution in [2.75, 3.05) is 12.3 Å². The minimum Gasteiger partial charge on any atom is -0.477 e. The van der Waals surface area contributed by atoms with Crippen LogP contribution in [0.2, 0.25) is 0 Å². The fourth-order valence-electron chi connectivity index (χ4n) is 1.37. The van der Waals surface area contributed by atoms with Gasteiger partial charge in [-0.2, -0.15) is 0 Å². The maximum Gasteiger partial charge on any atom is 0.215 e. The number of hydrogen-bond acceptors (Lipinski definition) is 3. The van der Waals surface area contributed by atoms with Crippen LogP contribution in [-0.4, -0.2) is 11.6 Å². The molecule has 0 aliphatic heterocycles. The fourth-order valence-corrected chi connectivity index (χ4v) is 1.37. The van der Waals surface area contributed by atoms with Crippen molar-refractivity contribution in [1.29, 1.82) is 0 Å². The summed E-state index contributed by atoms with van der Waals surface area (Å²) in [4.78, 5) is 4.07. The van der Waals surface area contributed by atoms with E-state index in [0.717, 1.165) is 12.5 Å². The molecule has 0 amide bonds. The molecule has 1 saturated carbocycles. The number of anilines is 1. The molecule has 1 heterocycles. The van der Waals surface area contributed by atoms with Gasteiger partial charge < -0.3 is 10.5 Å². The van der Waals surface area contributed by atoms with Crippen molar-refractivity contribution in [3.8, 4) is 5.88 Å². The van der Waals surface area contributed by atoms with E-state index in [1.807, 2.05) is 0 Å². The first-order valence-electron chi connectivity index (χ1n) is 4.69. The van der Waals surface area contributed by atoms with Gasteiger partial charge in [0.1, 0.15) is 0 Å². The average Bonchev–Trinajstić information content (AvgIpc) is 2.01. The fraction of sp³-hybridized carbons (Fsp3) is 0.500. The third-order valence-corrected chi connectivity index (χ3v) is 2.45. The maximum atomic E-state index is 5.59. The second kappa shape index (κ2) is 3.64. The first-order valence-corrected chi connectivity index (χ1v) is 4.69. The molecule has 1 aromatic rings. The van der Waals surface area contributed by atoms with Crippen molar-refractivity contribution in [1.82, 2.24) is 4.98 Å². The molecule has 1 fully saturated rings. The van der Waals surface area contributed by atoms with E-state index in [2.05, 4.69) is 4.98 Å². The van der Waals surface area contributed by atoms with Crippen LogP contribution in [0.3, 0.4) is 0 Å². The SMILES string of the molecule is Nc1ccnc(OCC2CCC2)c1. The number of pyridine rings is 1. The van der Waals surface area contributed by atoms with Crippen LogP contribution in [-0.2, 0) is 0 Å². The van der Waals surface area contributed by atoms with Crippen molar-refractivity contribution in [3.63, 3.8) is 0 Å². The van der Waals surface area contributed by atoms with Gasteiger partial charge in [-0.15, -0.1) is 0 Å². The summed E-state index contributed by atoms with van der Waals surface area (Å²) >= 11 is 0. The molecule has 0 aromatic carbocycles. The van der Waals surface area contributed by atoms with E-state index in [4.69, 9.17) is 10.5 Å². The van der Waals surface area contributed by atoms with Crippen LogP contribution < -0.4 is 10.5 Å². The Morgan fingerprint density at radius 3 is 3.00 bits per heavy atom. The Morgan fingerprint density at radius 1 is 1.54 bits per heavy atom. The van der Waals surface area contributed by atoms with Crippen LogP contribution in [0.15, 0.2) is 18.3 Å². The van der Waals surface area contributed by atoms with E-state index in [1.165, 1.54) is 19.3 Å². The molecule has 0 radical (unpaired) electrons. The van der Waals surface area contributed by atoms with Gasteiger partial charge in [-0.1, -0.05) is 6.42 Å². The van der Waals surface area contributed by atoms with Gasteiger partial charge >= 0.3 is 0 Å². The normalized spacial score (nSPS) is 16.6. The maximum absolute atomic E-state index is 5.59. The Labute approximate surface area is 77.9 Å². The van der Waals surface area contributed by atoms with E-state index in [9.17, 15) is 0 Å². The molecule has 0 bridgehead atoms. The summed E-state index contributed by atoms with van der Waals surface area (Å²) in [7, 11) is 0. The van der Waals surface area contributed by atoms with E-state index < -0.39 is 0 Å².